The minimum absolute atomic E-state index is 0.184. The third-order valence-corrected chi connectivity index (χ3v) is 2.89. The van der Waals surface area contributed by atoms with E-state index in [1.54, 1.807) is 0 Å². The quantitative estimate of drug-likeness (QED) is 0.732. The summed E-state index contributed by atoms with van der Waals surface area (Å²) in [6, 6.07) is 7.72. The molecule has 0 N–H and O–H groups in total. The first kappa shape index (κ1) is 12.7. The lowest BCUT2D eigenvalue weighted by molar-refractivity contribution is 0.101. The summed E-state index contributed by atoms with van der Waals surface area (Å²) in [5, 5.41) is 0.184. The number of hydrogen-bond donors (Lipinski definition) is 0. The molecule has 18 heavy (non-hydrogen) atoms. The second-order valence-corrected chi connectivity index (χ2v) is 4.28. The van der Waals surface area contributed by atoms with Gasteiger partial charge in [0, 0.05) is 11.1 Å². The molecule has 0 fully saturated rings. The van der Waals surface area contributed by atoms with E-state index >= 15 is 0 Å². The maximum atomic E-state index is 13.1. The van der Waals surface area contributed by atoms with Gasteiger partial charge in [-0.15, -0.1) is 0 Å². The van der Waals surface area contributed by atoms with Gasteiger partial charge in [0.1, 0.15) is 11.6 Å². The van der Waals surface area contributed by atoms with Crippen LogP contribution in [0.25, 0.3) is 11.1 Å². The van der Waals surface area contributed by atoms with E-state index in [0.29, 0.717) is 11.1 Å². The van der Waals surface area contributed by atoms with Crippen molar-refractivity contribution < 1.29 is 13.6 Å². The Kier molecular flexibility index (Phi) is 3.43. The van der Waals surface area contributed by atoms with Crippen molar-refractivity contribution in [3.63, 3.8) is 0 Å². The smallest absolute Gasteiger partial charge is 0.160 e. The van der Waals surface area contributed by atoms with Crippen LogP contribution in [0.15, 0.2) is 36.4 Å². The lowest BCUT2D eigenvalue weighted by Crippen LogP contribution is -1.98. The van der Waals surface area contributed by atoms with Crippen LogP contribution < -0.4 is 0 Å². The molecular weight excluding hydrogens is 258 g/mol. The molecule has 0 atom stereocenters. The average Bonchev–Trinajstić information content (AvgIpc) is 2.29. The van der Waals surface area contributed by atoms with Crippen LogP contribution in [-0.4, -0.2) is 5.78 Å². The highest BCUT2D eigenvalue weighted by Crippen LogP contribution is 2.31. The minimum atomic E-state index is -0.498. The van der Waals surface area contributed by atoms with E-state index in [1.807, 2.05) is 0 Å². The zero-order valence-corrected chi connectivity index (χ0v) is 10.3. The summed E-state index contributed by atoms with van der Waals surface area (Å²) >= 11 is 5.94. The Morgan fingerprint density at radius 2 is 1.56 bits per heavy atom. The summed E-state index contributed by atoms with van der Waals surface area (Å²) < 4.78 is 26.1. The van der Waals surface area contributed by atoms with Crippen LogP contribution in [0, 0.1) is 11.6 Å². The van der Waals surface area contributed by atoms with Crippen LogP contribution in [0.5, 0.6) is 0 Å². The number of carbonyl (C=O) groups is 1. The van der Waals surface area contributed by atoms with Crippen LogP contribution in [0.4, 0.5) is 8.78 Å². The van der Waals surface area contributed by atoms with Gasteiger partial charge in [0.2, 0.25) is 0 Å². The Morgan fingerprint density at radius 3 is 2.11 bits per heavy atom. The molecule has 1 nitrogen and oxygen atoms in total. The molecule has 0 aliphatic carbocycles. The summed E-state index contributed by atoms with van der Waals surface area (Å²) in [4.78, 5) is 11.5. The maximum Gasteiger partial charge on any atom is 0.160 e. The lowest BCUT2D eigenvalue weighted by Gasteiger charge is -2.09. The Hall–Kier alpha value is -1.74. The fourth-order valence-electron chi connectivity index (χ4n) is 1.75. The second kappa shape index (κ2) is 4.86. The fourth-order valence-corrected chi connectivity index (χ4v) is 2.02. The normalized spacial score (nSPS) is 10.4. The van der Waals surface area contributed by atoms with Crippen LogP contribution >= 0.6 is 11.6 Å². The standard InChI is InChI=1S/C14H9ClF2O/c1-8(18)13-6-9(16)2-4-11(13)12-5-3-10(17)7-14(12)15/h2-7H,1H3. The van der Waals surface area contributed by atoms with Gasteiger partial charge in [-0.25, -0.2) is 8.78 Å². The summed E-state index contributed by atoms with van der Waals surface area (Å²) in [6.45, 7) is 1.34. The van der Waals surface area contributed by atoms with Crippen molar-refractivity contribution in [1.29, 1.82) is 0 Å². The van der Waals surface area contributed by atoms with Gasteiger partial charge in [-0.1, -0.05) is 17.7 Å². The van der Waals surface area contributed by atoms with Gasteiger partial charge in [-0.05, 0) is 42.8 Å². The van der Waals surface area contributed by atoms with Crippen LogP contribution in [0.1, 0.15) is 17.3 Å². The van der Waals surface area contributed by atoms with Gasteiger partial charge in [0.25, 0.3) is 0 Å². The molecule has 2 rings (SSSR count). The Morgan fingerprint density at radius 1 is 1.00 bits per heavy atom. The molecule has 0 heterocycles. The molecule has 0 aliphatic heterocycles. The molecule has 0 saturated carbocycles. The van der Waals surface area contributed by atoms with E-state index in [4.69, 9.17) is 11.6 Å². The summed E-state index contributed by atoms with van der Waals surface area (Å²) in [6.07, 6.45) is 0. The van der Waals surface area contributed by atoms with Crippen LogP contribution in [0.2, 0.25) is 5.02 Å². The van der Waals surface area contributed by atoms with Gasteiger partial charge >= 0.3 is 0 Å². The molecule has 0 unspecified atom stereocenters. The first-order chi connectivity index (χ1) is 8.49. The highest BCUT2D eigenvalue weighted by atomic mass is 35.5. The first-order valence-corrected chi connectivity index (χ1v) is 5.63. The molecule has 0 bridgehead atoms. The topological polar surface area (TPSA) is 17.1 Å². The first-order valence-electron chi connectivity index (χ1n) is 5.25. The van der Waals surface area contributed by atoms with E-state index in [2.05, 4.69) is 0 Å². The number of hydrogen-bond acceptors (Lipinski definition) is 1. The lowest BCUT2D eigenvalue weighted by atomic mass is 9.97. The molecule has 92 valence electrons. The molecule has 2 aromatic carbocycles. The van der Waals surface area contributed by atoms with Crippen molar-refractivity contribution in [2.24, 2.45) is 0 Å². The highest BCUT2D eigenvalue weighted by Gasteiger charge is 2.13. The molecule has 0 radical (unpaired) electrons. The Bertz CT molecular complexity index is 623. The maximum absolute atomic E-state index is 13.1. The number of ketones is 1. The van der Waals surface area contributed by atoms with E-state index in [1.165, 1.54) is 31.2 Å². The van der Waals surface area contributed by atoms with E-state index < -0.39 is 11.6 Å². The molecule has 0 amide bonds. The second-order valence-electron chi connectivity index (χ2n) is 3.87. The summed E-state index contributed by atoms with van der Waals surface area (Å²) in [5.41, 5.74) is 1.22. The van der Waals surface area contributed by atoms with E-state index in [0.717, 1.165) is 12.1 Å². The van der Waals surface area contributed by atoms with Crippen molar-refractivity contribution in [3.05, 3.63) is 58.6 Å². The largest absolute Gasteiger partial charge is 0.294 e. The number of Topliss-reactive ketones (excluding diaryl/α,β-unsaturated/α-hetero) is 1. The molecule has 0 aliphatic rings. The zero-order chi connectivity index (χ0) is 13.3. The third kappa shape index (κ3) is 2.41. The van der Waals surface area contributed by atoms with Crippen molar-refractivity contribution in [2.45, 2.75) is 6.92 Å². The average molecular weight is 267 g/mol. The van der Waals surface area contributed by atoms with Crippen molar-refractivity contribution in [1.82, 2.24) is 0 Å². The van der Waals surface area contributed by atoms with Crippen LogP contribution in [0.3, 0.4) is 0 Å². The third-order valence-electron chi connectivity index (χ3n) is 2.58. The van der Waals surface area contributed by atoms with Crippen LogP contribution in [-0.2, 0) is 0 Å². The number of carbonyl (C=O) groups excluding carboxylic acids is 1. The predicted octanol–water partition coefficient (Wildman–Crippen LogP) is 4.49. The Balaban J connectivity index is 2.67. The van der Waals surface area contributed by atoms with E-state index in [-0.39, 0.29) is 16.4 Å². The SMILES string of the molecule is CC(=O)c1cc(F)ccc1-c1ccc(F)cc1Cl. The van der Waals surface area contributed by atoms with Gasteiger partial charge in [0.15, 0.2) is 5.78 Å². The number of benzene rings is 2. The summed E-state index contributed by atoms with van der Waals surface area (Å²) in [5.74, 6) is -1.23. The molecule has 0 aromatic heterocycles. The molecular formula is C14H9ClF2O. The predicted molar refractivity (Wildman–Crippen MR) is 66.8 cm³/mol. The fraction of sp³-hybridized carbons (Fsp3) is 0.0714. The van der Waals surface area contributed by atoms with Gasteiger partial charge in [0.05, 0.1) is 5.02 Å². The highest BCUT2D eigenvalue weighted by molar-refractivity contribution is 6.33. The van der Waals surface area contributed by atoms with Gasteiger partial charge < -0.3 is 0 Å². The van der Waals surface area contributed by atoms with Gasteiger partial charge in [-0.2, -0.15) is 0 Å². The van der Waals surface area contributed by atoms with Gasteiger partial charge in [-0.3, -0.25) is 4.79 Å². The van der Waals surface area contributed by atoms with Crippen molar-refractivity contribution in [2.75, 3.05) is 0 Å². The Labute approximate surface area is 108 Å². The molecule has 0 spiro atoms. The monoisotopic (exact) mass is 266 g/mol. The zero-order valence-electron chi connectivity index (χ0n) is 9.51. The molecule has 0 saturated heterocycles. The number of halogens is 3. The van der Waals surface area contributed by atoms with Crippen molar-refractivity contribution in [3.8, 4) is 11.1 Å². The molecule has 2 aromatic rings. The minimum Gasteiger partial charge on any atom is -0.294 e. The van der Waals surface area contributed by atoms with Crippen molar-refractivity contribution >= 4 is 17.4 Å². The molecule has 4 heteroatoms. The van der Waals surface area contributed by atoms with E-state index in [9.17, 15) is 13.6 Å². The number of rotatable bonds is 2. The summed E-state index contributed by atoms with van der Waals surface area (Å²) in [7, 11) is 0.